The lowest BCUT2D eigenvalue weighted by molar-refractivity contribution is -0.137. The molecule has 0 aliphatic carbocycles. The summed E-state index contributed by atoms with van der Waals surface area (Å²) in [7, 11) is 1.91. The molecule has 1 rings (SSSR count). The maximum atomic E-state index is 5.50. The highest BCUT2D eigenvalue weighted by atomic mass is 35.5. The van der Waals surface area contributed by atoms with Crippen molar-refractivity contribution in [3.63, 3.8) is 0 Å². The molecule has 1 atom stereocenters. The largest absolute Gasteiger partial charge is 0.348 e. The molecule has 1 heterocycles. The lowest BCUT2D eigenvalue weighted by atomic mass is 10.4. The Balaban J connectivity index is 0.000001000. The van der Waals surface area contributed by atoms with Crippen LogP contribution >= 0.6 is 12.4 Å². The highest BCUT2D eigenvalue weighted by Gasteiger charge is 2.31. The van der Waals surface area contributed by atoms with Crippen LogP contribution in [0.15, 0.2) is 0 Å². The van der Waals surface area contributed by atoms with E-state index in [1.165, 1.54) is 0 Å². The van der Waals surface area contributed by atoms with Gasteiger partial charge >= 0.3 is 0 Å². The van der Waals surface area contributed by atoms with Crippen molar-refractivity contribution < 1.29 is 9.47 Å². The normalized spacial score (nSPS) is 28.1. The van der Waals surface area contributed by atoms with Crippen LogP contribution in [0.5, 0.6) is 0 Å². The van der Waals surface area contributed by atoms with Gasteiger partial charge in [0, 0.05) is 6.54 Å². The van der Waals surface area contributed by atoms with Crippen molar-refractivity contribution in [3.05, 3.63) is 0 Å². The van der Waals surface area contributed by atoms with E-state index in [2.05, 4.69) is 5.32 Å². The smallest absolute Gasteiger partial charge is 0.163 e. The predicted molar refractivity (Wildman–Crippen MR) is 46.1 cm³/mol. The molecule has 0 radical (unpaired) electrons. The third kappa shape index (κ3) is 3.38. The van der Waals surface area contributed by atoms with Crippen LogP contribution in [-0.2, 0) is 9.47 Å². The molecule has 0 aromatic rings. The Morgan fingerprint density at radius 2 is 2.18 bits per heavy atom. The molecule has 0 amide bonds. The summed E-state index contributed by atoms with van der Waals surface area (Å²) < 4.78 is 10.8. The third-order valence-electron chi connectivity index (χ3n) is 1.50. The molecule has 0 aromatic carbocycles. The van der Waals surface area contributed by atoms with E-state index in [4.69, 9.17) is 9.47 Å². The predicted octanol–water partition coefficient (Wildman–Crippen LogP) is 0.779. The molecule has 0 saturated carbocycles. The average molecular weight is 182 g/mol. The van der Waals surface area contributed by atoms with E-state index in [-0.39, 0.29) is 24.3 Å². The standard InChI is InChI=1S/C7H15NO2.ClH/c1-7(2)9-5-6(10-7)4-8-3;/h6,8H,4-5H2,1-3H3;1H/t6-;/m0./s1. The molecular weight excluding hydrogens is 166 g/mol. The van der Waals surface area contributed by atoms with Gasteiger partial charge < -0.3 is 14.8 Å². The number of rotatable bonds is 2. The molecule has 1 N–H and O–H groups in total. The van der Waals surface area contributed by atoms with E-state index in [0.717, 1.165) is 6.54 Å². The second-order valence-corrected chi connectivity index (χ2v) is 3.01. The first kappa shape index (κ1) is 11.2. The summed E-state index contributed by atoms with van der Waals surface area (Å²) in [4.78, 5) is 0. The Morgan fingerprint density at radius 3 is 2.55 bits per heavy atom. The minimum absolute atomic E-state index is 0. The van der Waals surface area contributed by atoms with E-state index >= 15 is 0 Å². The third-order valence-corrected chi connectivity index (χ3v) is 1.50. The van der Waals surface area contributed by atoms with Gasteiger partial charge in [0.25, 0.3) is 0 Å². The number of hydrogen-bond acceptors (Lipinski definition) is 3. The SMILES string of the molecule is CNC[C@H]1COC(C)(C)O1.Cl. The molecule has 1 aliphatic heterocycles. The van der Waals surface area contributed by atoms with E-state index in [9.17, 15) is 0 Å². The van der Waals surface area contributed by atoms with E-state index in [1.54, 1.807) is 0 Å². The number of halogens is 1. The molecule has 0 aromatic heterocycles. The fourth-order valence-corrected chi connectivity index (χ4v) is 1.09. The van der Waals surface area contributed by atoms with Gasteiger partial charge in [-0.15, -0.1) is 12.4 Å². The Bertz CT molecular complexity index is 119. The number of hydrogen-bond donors (Lipinski definition) is 1. The van der Waals surface area contributed by atoms with Crippen molar-refractivity contribution >= 4 is 12.4 Å². The van der Waals surface area contributed by atoms with Crippen LogP contribution in [-0.4, -0.2) is 32.1 Å². The van der Waals surface area contributed by atoms with Gasteiger partial charge in [0.05, 0.1) is 12.7 Å². The molecule has 1 aliphatic rings. The maximum Gasteiger partial charge on any atom is 0.163 e. The molecule has 1 fully saturated rings. The Morgan fingerprint density at radius 1 is 1.55 bits per heavy atom. The molecule has 11 heavy (non-hydrogen) atoms. The Kier molecular flexibility index (Phi) is 4.32. The summed E-state index contributed by atoms with van der Waals surface area (Å²) >= 11 is 0. The minimum Gasteiger partial charge on any atom is -0.348 e. The van der Waals surface area contributed by atoms with Gasteiger partial charge in [-0.3, -0.25) is 0 Å². The quantitative estimate of drug-likeness (QED) is 0.683. The van der Waals surface area contributed by atoms with E-state index in [0.29, 0.717) is 6.61 Å². The van der Waals surface area contributed by atoms with Crippen LogP contribution in [0.4, 0.5) is 0 Å². The molecule has 0 bridgehead atoms. The van der Waals surface area contributed by atoms with Crippen molar-refractivity contribution in [2.75, 3.05) is 20.2 Å². The second kappa shape index (κ2) is 4.26. The van der Waals surface area contributed by atoms with Crippen molar-refractivity contribution in [1.82, 2.24) is 5.32 Å². The maximum absolute atomic E-state index is 5.50. The van der Waals surface area contributed by atoms with Crippen molar-refractivity contribution in [2.45, 2.75) is 25.7 Å². The Hall–Kier alpha value is 0.170. The first-order valence-electron chi connectivity index (χ1n) is 3.60. The number of likely N-dealkylation sites (N-methyl/N-ethyl adjacent to an activating group) is 1. The van der Waals surface area contributed by atoms with Gasteiger partial charge in [-0.25, -0.2) is 0 Å². The van der Waals surface area contributed by atoms with E-state index in [1.807, 2.05) is 20.9 Å². The second-order valence-electron chi connectivity index (χ2n) is 3.01. The van der Waals surface area contributed by atoms with Crippen molar-refractivity contribution in [1.29, 1.82) is 0 Å². The summed E-state index contributed by atoms with van der Waals surface area (Å²) in [5.74, 6) is -0.373. The van der Waals surface area contributed by atoms with Crippen LogP contribution in [0.3, 0.4) is 0 Å². The lowest BCUT2D eigenvalue weighted by Gasteiger charge is -2.16. The van der Waals surface area contributed by atoms with Crippen LogP contribution in [0.2, 0.25) is 0 Å². The van der Waals surface area contributed by atoms with Crippen LogP contribution < -0.4 is 5.32 Å². The number of nitrogens with one attached hydrogen (secondary N) is 1. The molecule has 1 saturated heterocycles. The van der Waals surface area contributed by atoms with Gasteiger partial charge in [-0.1, -0.05) is 0 Å². The fraction of sp³-hybridized carbons (Fsp3) is 1.00. The molecule has 0 spiro atoms. The van der Waals surface area contributed by atoms with Gasteiger partial charge in [0.1, 0.15) is 0 Å². The average Bonchev–Trinajstić information content (AvgIpc) is 2.12. The summed E-state index contributed by atoms with van der Waals surface area (Å²) in [5, 5.41) is 3.04. The minimum atomic E-state index is -0.373. The lowest BCUT2D eigenvalue weighted by Crippen LogP contribution is -2.28. The first-order valence-corrected chi connectivity index (χ1v) is 3.60. The van der Waals surface area contributed by atoms with E-state index < -0.39 is 0 Å². The van der Waals surface area contributed by atoms with Crippen LogP contribution in [0.25, 0.3) is 0 Å². The Labute approximate surface area is 73.9 Å². The van der Waals surface area contributed by atoms with Crippen LogP contribution in [0, 0.1) is 0 Å². The van der Waals surface area contributed by atoms with Gasteiger partial charge in [-0.05, 0) is 20.9 Å². The zero-order valence-electron chi connectivity index (χ0n) is 7.22. The molecule has 3 nitrogen and oxygen atoms in total. The zero-order valence-corrected chi connectivity index (χ0v) is 8.03. The van der Waals surface area contributed by atoms with Gasteiger partial charge in [0.15, 0.2) is 5.79 Å². The van der Waals surface area contributed by atoms with Crippen LogP contribution in [0.1, 0.15) is 13.8 Å². The fourth-order valence-electron chi connectivity index (χ4n) is 1.09. The van der Waals surface area contributed by atoms with Gasteiger partial charge in [0.2, 0.25) is 0 Å². The topological polar surface area (TPSA) is 30.5 Å². The molecule has 0 unspecified atom stereocenters. The summed E-state index contributed by atoms with van der Waals surface area (Å²) in [6.45, 7) is 5.43. The van der Waals surface area contributed by atoms with Crippen molar-refractivity contribution in [3.8, 4) is 0 Å². The first-order chi connectivity index (χ1) is 4.64. The van der Waals surface area contributed by atoms with Crippen molar-refractivity contribution in [2.24, 2.45) is 0 Å². The van der Waals surface area contributed by atoms with Gasteiger partial charge in [-0.2, -0.15) is 0 Å². The summed E-state index contributed by atoms with van der Waals surface area (Å²) in [6.07, 6.45) is 0.222. The zero-order chi connectivity index (χ0) is 7.61. The summed E-state index contributed by atoms with van der Waals surface area (Å²) in [5.41, 5.74) is 0. The monoisotopic (exact) mass is 181 g/mol. The number of ether oxygens (including phenoxy) is 2. The highest BCUT2D eigenvalue weighted by molar-refractivity contribution is 5.85. The molecule has 4 heteroatoms. The summed E-state index contributed by atoms with van der Waals surface area (Å²) in [6, 6.07) is 0. The molecule has 68 valence electrons. The molecular formula is C7H16ClNO2. The highest BCUT2D eigenvalue weighted by Crippen LogP contribution is 2.21.